The van der Waals surface area contributed by atoms with E-state index in [0.29, 0.717) is 27.8 Å². The number of benzene rings is 2. The number of rotatable bonds is 5. The first-order valence-corrected chi connectivity index (χ1v) is 8.33. The minimum atomic E-state index is -0.532. The monoisotopic (exact) mass is 386 g/mol. The molecule has 0 aliphatic heterocycles. The molecule has 2 N–H and O–H groups in total. The molecule has 0 saturated carbocycles. The number of anilines is 1. The second-order valence-electron chi connectivity index (χ2n) is 5.78. The summed E-state index contributed by atoms with van der Waals surface area (Å²) < 4.78 is 5.48. The molecule has 3 rings (SSSR count). The molecule has 0 saturated heterocycles. The third kappa shape index (κ3) is 3.84. The van der Waals surface area contributed by atoms with Crippen molar-refractivity contribution in [1.82, 2.24) is 0 Å². The van der Waals surface area contributed by atoms with Gasteiger partial charge in [-0.1, -0.05) is 17.7 Å². The fraction of sp³-hybridized carbons (Fsp3) is 0.105. The van der Waals surface area contributed by atoms with Gasteiger partial charge < -0.3 is 14.8 Å². The fourth-order valence-corrected chi connectivity index (χ4v) is 2.81. The van der Waals surface area contributed by atoms with E-state index in [1.165, 1.54) is 25.1 Å². The number of nitro groups is 1. The summed E-state index contributed by atoms with van der Waals surface area (Å²) in [6.07, 6.45) is 0. The number of hydrogen-bond donors (Lipinski definition) is 2. The van der Waals surface area contributed by atoms with E-state index < -0.39 is 10.8 Å². The number of nitrogens with zero attached hydrogens (tertiary/aromatic N) is 1. The van der Waals surface area contributed by atoms with Gasteiger partial charge in [0.25, 0.3) is 11.6 Å². The van der Waals surface area contributed by atoms with Crippen molar-refractivity contribution in [2.24, 2.45) is 0 Å². The maximum absolute atomic E-state index is 12.6. The average Bonchev–Trinajstić information content (AvgIpc) is 3.12. The highest BCUT2D eigenvalue weighted by Gasteiger charge is 2.19. The Morgan fingerprint density at radius 1 is 1.26 bits per heavy atom. The van der Waals surface area contributed by atoms with Crippen LogP contribution in [0, 0.1) is 17.0 Å². The number of halogens is 1. The first kappa shape index (κ1) is 18.6. The number of carbonyl (C=O) groups excluding carboxylic acids is 1. The van der Waals surface area contributed by atoms with Crippen LogP contribution in [0.15, 0.2) is 52.9 Å². The molecule has 27 heavy (non-hydrogen) atoms. The zero-order valence-electron chi connectivity index (χ0n) is 14.2. The van der Waals surface area contributed by atoms with E-state index in [9.17, 15) is 14.9 Å². The lowest BCUT2D eigenvalue weighted by molar-refractivity contribution is -0.385. The Balaban J connectivity index is 1.91. The zero-order valence-corrected chi connectivity index (χ0v) is 15.0. The number of hydrogen-bond acceptors (Lipinski definition) is 5. The first-order chi connectivity index (χ1) is 12.9. The summed E-state index contributed by atoms with van der Waals surface area (Å²) in [5.74, 6) is 0.418. The van der Waals surface area contributed by atoms with Crippen LogP contribution in [0.25, 0.3) is 11.3 Å². The number of carbonyl (C=O) groups is 1. The number of nitro benzene ring substituents is 1. The van der Waals surface area contributed by atoms with Crippen LogP contribution in [-0.4, -0.2) is 15.9 Å². The molecule has 0 aliphatic rings. The van der Waals surface area contributed by atoms with E-state index in [0.717, 1.165) is 0 Å². The summed E-state index contributed by atoms with van der Waals surface area (Å²) in [7, 11) is 0. The predicted octanol–water partition coefficient (Wildman–Crippen LogP) is 4.56. The van der Waals surface area contributed by atoms with Gasteiger partial charge >= 0.3 is 0 Å². The van der Waals surface area contributed by atoms with E-state index in [4.69, 9.17) is 21.1 Å². The van der Waals surface area contributed by atoms with Crippen LogP contribution in [0.2, 0.25) is 5.02 Å². The minimum absolute atomic E-state index is 0.130. The van der Waals surface area contributed by atoms with Crippen molar-refractivity contribution in [2.75, 3.05) is 5.32 Å². The van der Waals surface area contributed by atoms with Crippen LogP contribution in [0.4, 0.5) is 11.4 Å². The molecule has 138 valence electrons. The summed E-state index contributed by atoms with van der Waals surface area (Å²) in [6, 6.07) is 12.6. The van der Waals surface area contributed by atoms with Gasteiger partial charge in [-0.25, -0.2) is 0 Å². The third-order valence-electron chi connectivity index (χ3n) is 4.06. The topological polar surface area (TPSA) is 106 Å². The Bertz CT molecular complexity index is 1030. The number of aliphatic hydroxyl groups is 1. The summed E-state index contributed by atoms with van der Waals surface area (Å²) in [5.41, 5.74) is 1.32. The maximum Gasteiger partial charge on any atom is 0.273 e. The van der Waals surface area contributed by atoms with E-state index >= 15 is 0 Å². The second kappa shape index (κ2) is 7.61. The minimum Gasteiger partial charge on any atom is -0.459 e. The lowest BCUT2D eigenvalue weighted by Gasteiger charge is -2.10. The lowest BCUT2D eigenvalue weighted by Crippen LogP contribution is -2.14. The largest absolute Gasteiger partial charge is 0.459 e. The number of nitrogens with one attached hydrogen (secondary N) is 1. The van der Waals surface area contributed by atoms with Crippen LogP contribution in [0.3, 0.4) is 0 Å². The van der Waals surface area contributed by atoms with Gasteiger partial charge in [0.1, 0.15) is 18.1 Å². The predicted molar refractivity (Wildman–Crippen MR) is 101 cm³/mol. The van der Waals surface area contributed by atoms with Crippen LogP contribution >= 0.6 is 11.6 Å². The highest BCUT2D eigenvalue weighted by atomic mass is 35.5. The van der Waals surface area contributed by atoms with Gasteiger partial charge in [0, 0.05) is 22.8 Å². The van der Waals surface area contributed by atoms with Crippen LogP contribution in [-0.2, 0) is 6.61 Å². The first-order valence-electron chi connectivity index (χ1n) is 7.95. The van der Waals surface area contributed by atoms with Crippen molar-refractivity contribution >= 4 is 28.9 Å². The molecule has 3 aromatic rings. The maximum atomic E-state index is 12.6. The van der Waals surface area contributed by atoms with Crippen LogP contribution < -0.4 is 5.32 Å². The summed E-state index contributed by atoms with van der Waals surface area (Å²) >= 11 is 6.18. The fourth-order valence-electron chi connectivity index (χ4n) is 2.65. The quantitative estimate of drug-likeness (QED) is 0.493. The molecule has 1 heterocycles. The van der Waals surface area contributed by atoms with Crippen molar-refractivity contribution in [3.05, 3.63) is 80.6 Å². The Labute approximate surface area is 159 Å². The van der Waals surface area contributed by atoms with Gasteiger partial charge in [0.05, 0.1) is 15.6 Å². The van der Waals surface area contributed by atoms with Crippen molar-refractivity contribution in [3.63, 3.8) is 0 Å². The molecule has 0 atom stereocenters. The third-order valence-corrected chi connectivity index (χ3v) is 4.39. The molecule has 8 heteroatoms. The lowest BCUT2D eigenvalue weighted by atomic mass is 10.1. The van der Waals surface area contributed by atoms with Gasteiger partial charge in [-0.2, -0.15) is 0 Å². The SMILES string of the molecule is Cc1c(C(=O)Nc2cc(-c3ccc(CO)o3)ccc2Cl)cccc1[N+](=O)[O-]. The molecule has 0 aliphatic carbocycles. The van der Waals surface area contributed by atoms with E-state index in [1.54, 1.807) is 30.3 Å². The molecule has 0 fully saturated rings. The van der Waals surface area contributed by atoms with Crippen molar-refractivity contribution in [1.29, 1.82) is 0 Å². The van der Waals surface area contributed by atoms with Gasteiger partial charge in [0.2, 0.25) is 0 Å². The Kier molecular flexibility index (Phi) is 5.25. The summed E-state index contributed by atoms with van der Waals surface area (Å²) in [4.78, 5) is 23.1. The molecule has 2 aromatic carbocycles. The van der Waals surface area contributed by atoms with Crippen LogP contribution in [0.5, 0.6) is 0 Å². The normalized spacial score (nSPS) is 10.6. The highest BCUT2D eigenvalue weighted by Crippen LogP contribution is 2.31. The number of furan rings is 1. The smallest absolute Gasteiger partial charge is 0.273 e. The van der Waals surface area contributed by atoms with Gasteiger partial charge in [-0.15, -0.1) is 0 Å². The molecule has 0 radical (unpaired) electrons. The van der Waals surface area contributed by atoms with Crippen molar-refractivity contribution < 1.29 is 19.2 Å². The molecule has 1 aromatic heterocycles. The molecule has 7 nitrogen and oxygen atoms in total. The van der Waals surface area contributed by atoms with Gasteiger partial charge in [-0.3, -0.25) is 14.9 Å². The molecular weight excluding hydrogens is 372 g/mol. The van der Waals surface area contributed by atoms with E-state index in [-0.39, 0.29) is 23.4 Å². The molecule has 0 bridgehead atoms. The van der Waals surface area contributed by atoms with Crippen molar-refractivity contribution in [2.45, 2.75) is 13.5 Å². The Morgan fingerprint density at radius 2 is 2.04 bits per heavy atom. The zero-order chi connectivity index (χ0) is 19.6. The van der Waals surface area contributed by atoms with Crippen molar-refractivity contribution in [3.8, 4) is 11.3 Å². The average molecular weight is 387 g/mol. The number of amides is 1. The summed E-state index contributed by atoms with van der Waals surface area (Å²) in [6.45, 7) is 1.30. The number of aliphatic hydroxyl groups excluding tert-OH is 1. The molecule has 0 spiro atoms. The molecule has 1 amide bonds. The second-order valence-corrected chi connectivity index (χ2v) is 6.19. The Morgan fingerprint density at radius 3 is 2.70 bits per heavy atom. The highest BCUT2D eigenvalue weighted by molar-refractivity contribution is 6.34. The molecule has 0 unspecified atom stereocenters. The van der Waals surface area contributed by atoms with Crippen LogP contribution in [0.1, 0.15) is 21.7 Å². The van der Waals surface area contributed by atoms with E-state index in [2.05, 4.69) is 5.32 Å². The van der Waals surface area contributed by atoms with Gasteiger partial charge in [-0.05, 0) is 43.3 Å². The summed E-state index contributed by atoms with van der Waals surface area (Å²) in [5, 5.41) is 23.2. The molecular formula is C19H15ClN2O5. The van der Waals surface area contributed by atoms with E-state index in [1.807, 2.05) is 0 Å². The standard InChI is InChI=1S/C19H15ClN2O5/c1-11-14(3-2-4-17(11)22(25)26)19(24)21-16-9-12(5-7-15(16)20)18-8-6-13(10-23)27-18/h2-9,23H,10H2,1H3,(H,21,24). The Hall–Kier alpha value is -3.16. The van der Waals surface area contributed by atoms with Gasteiger partial charge in [0.15, 0.2) is 0 Å².